The van der Waals surface area contributed by atoms with Crippen molar-refractivity contribution in [2.45, 2.75) is 25.7 Å². The Balaban J connectivity index is 1.97. The minimum Gasteiger partial charge on any atom is -0.398 e. The van der Waals surface area contributed by atoms with Crippen LogP contribution in [0.4, 0.5) is 10.5 Å². The zero-order valence-corrected chi connectivity index (χ0v) is 13.3. The Morgan fingerprint density at radius 3 is 2.64 bits per heavy atom. The van der Waals surface area contributed by atoms with Crippen LogP contribution in [0.15, 0.2) is 30.5 Å². The van der Waals surface area contributed by atoms with Crippen LogP contribution in [0.2, 0.25) is 0 Å². The second-order valence-corrected chi connectivity index (χ2v) is 6.18. The Bertz CT molecular complexity index is 660. The van der Waals surface area contributed by atoms with Gasteiger partial charge in [0, 0.05) is 38.1 Å². The van der Waals surface area contributed by atoms with Gasteiger partial charge in [-0.25, -0.2) is 4.79 Å². The van der Waals surface area contributed by atoms with Gasteiger partial charge in [-0.2, -0.15) is 0 Å². The highest BCUT2D eigenvalue weighted by atomic mass is 16.2. The van der Waals surface area contributed by atoms with Crippen LogP contribution in [-0.4, -0.2) is 36.5 Å². The molecule has 22 heavy (non-hydrogen) atoms. The number of nitrogens with zero attached hydrogens (tertiary/aromatic N) is 2. The molecule has 116 valence electrons. The number of likely N-dealkylation sites (N-methyl/N-ethyl adjacent to an activating group) is 1. The van der Waals surface area contributed by atoms with Gasteiger partial charge in [0.15, 0.2) is 0 Å². The van der Waals surface area contributed by atoms with E-state index in [1.165, 1.54) is 18.4 Å². The highest BCUT2D eigenvalue weighted by Gasteiger charge is 2.21. The van der Waals surface area contributed by atoms with Crippen LogP contribution in [0.5, 0.6) is 0 Å². The molecule has 0 spiro atoms. The maximum absolute atomic E-state index is 11.8. The van der Waals surface area contributed by atoms with Crippen LogP contribution < -0.4 is 5.73 Å². The van der Waals surface area contributed by atoms with E-state index < -0.39 is 0 Å². The predicted octanol–water partition coefficient (Wildman–Crippen LogP) is 3.56. The first-order valence-electron chi connectivity index (χ1n) is 7.84. The van der Waals surface area contributed by atoms with Crippen molar-refractivity contribution in [3.8, 4) is 0 Å². The molecule has 0 bridgehead atoms. The normalized spacial score (nSPS) is 19.1. The number of benzene rings is 1. The van der Waals surface area contributed by atoms with E-state index in [1.54, 1.807) is 16.8 Å². The summed E-state index contributed by atoms with van der Waals surface area (Å²) in [6, 6.07) is 6.23. The SMILES string of the molecule is CN1C=C(c2ccc(N)c(C3=CCCCC3)c2)CN(C)C1=O. The van der Waals surface area contributed by atoms with Gasteiger partial charge in [0.2, 0.25) is 0 Å². The van der Waals surface area contributed by atoms with Crippen LogP contribution in [-0.2, 0) is 0 Å². The molecule has 0 saturated carbocycles. The predicted molar refractivity (Wildman–Crippen MR) is 91.1 cm³/mol. The fourth-order valence-electron chi connectivity index (χ4n) is 3.20. The third-order valence-electron chi connectivity index (χ3n) is 4.45. The Morgan fingerprint density at radius 1 is 1.14 bits per heavy atom. The smallest absolute Gasteiger partial charge is 0.323 e. The Morgan fingerprint density at radius 2 is 1.95 bits per heavy atom. The number of hydrogen-bond acceptors (Lipinski definition) is 2. The van der Waals surface area contributed by atoms with Gasteiger partial charge >= 0.3 is 6.03 Å². The standard InChI is InChI=1S/C18H23N3O/c1-20-11-15(12-21(2)18(20)22)14-8-9-17(19)16(10-14)13-6-4-3-5-7-13/h6,8-11H,3-5,7,12,19H2,1-2H3. The van der Waals surface area contributed by atoms with Gasteiger partial charge in [0.1, 0.15) is 0 Å². The van der Waals surface area contributed by atoms with Crippen molar-refractivity contribution in [3.05, 3.63) is 41.6 Å². The Labute approximate surface area is 131 Å². The van der Waals surface area contributed by atoms with Crippen LogP contribution in [0, 0.1) is 0 Å². The number of amides is 2. The van der Waals surface area contributed by atoms with Crippen molar-refractivity contribution >= 4 is 22.9 Å². The molecule has 1 aliphatic heterocycles. The van der Waals surface area contributed by atoms with E-state index in [9.17, 15) is 4.79 Å². The molecule has 1 aromatic rings. The molecule has 1 aliphatic carbocycles. The second-order valence-electron chi connectivity index (χ2n) is 6.18. The molecule has 0 radical (unpaired) electrons. The third kappa shape index (κ3) is 2.73. The summed E-state index contributed by atoms with van der Waals surface area (Å²) in [7, 11) is 3.62. The molecular weight excluding hydrogens is 274 g/mol. The summed E-state index contributed by atoms with van der Waals surface area (Å²) in [5.74, 6) is 0. The van der Waals surface area contributed by atoms with Crippen molar-refractivity contribution in [1.29, 1.82) is 0 Å². The first-order valence-corrected chi connectivity index (χ1v) is 7.84. The highest BCUT2D eigenvalue weighted by Crippen LogP contribution is 2.33. The van der Waals surface area contributed by atoms with E-state index in [2.05, 4.69) is 12.1 Å². The molecule has 2 aliphatic rings. The summed E-state index contributed by atoms with van der Waals surface area (Å²) in [4.78, 5) is 15.2. The van der Waals surface area contributed by atoms with Crippen molar-refractivity contribution in [3.63, 3.8) is 0 Å². The van der Waals surface area contributed by atoms with Gasteiger partial charge < -0.3 is 15.5 Å². The van der Waals surface area contributed by atoms with E-state index in [-0.39, 0.29) is 6.03 Å². The number of nitrogen functional groups attached to an aromatic ring is 1. The highest BCUT2D eigenvalue weighted by molar-refractivity contribution is 5.85. The molecule has 0 unspecified atom stereocenters. The van der Waals surface area contributed by atoms with E-state index in [4.69, 9.17) is 5.73 Å². The monoisotopic (exact) mass is 297 g/mol. The molecular formula is C18H23N3O. The third-order valence-corrected chi connectivity index (χ3v) is 4.45. The molecule has 2 amide bonds. The number of carbonyl (C=O) groups is 1. The van der Waals surface area contributed by atoms with Gasteiger partial charge in [0.25, 0.3) is 0 Å². The number of rotatable bonds is 2. The van der Waals surface area contributed by atoms with E-state index in [0.29, 0.717) is 6.54 Å². The van der Waals surface area contributed by atoms with Gasteiger partial charge in [-0.15, -0.1) is 0 Å². The summed E-state index contributed by atoms with van der Waals surface area (Å²) >= 11 is 0. The maximum Gasteiger partial charge on any atom is 0.323 e. The summed E-state index contributed by atoms with van der Waals surface area (Å²) in [6.07, 6.45) is 8.99. The number of nitrogens with two attached hydrogens (primary N) is 1. The molecule has 0 saturated heterocycles. The Hall–Kier alpha value is -2.23. The van der Waals surface area contributed by atoms with Crippen molar-refractivity contribution in [1.82, 2.24) is 9.80 Å². The van der Waals surface area contributed by atoms with Crippen LogP contribution >= 0.6 is 0 Å². The van der Waals surface area contributed by atoms with Crippen LogP contribution in [0.1, 0.15) is 36.8 Å². The molecule has 2 N–H and O–H groups in total. The fourth-order valence-corrected chi connectivity index (χ4v) is 3.20. The molecule has 3 rings (SSSR count). The molecule has 1 heterocycles. The number of urea groups is 1. The average Bonchev–Trinajstić information content (AvgIpc) is 2.53. The summed E-state index contributed by atoms with van der Waals surface area (Å²) in [6.45, 7) is 0.631. The molecule has 4 nitrogen and oxygen atoms in total. The molecule has 4 heteroatoms. The molecule has 0 aromatic heterocycles. The van der Waals surface area contributed by atoms with Crippen LogP contribution in [0.3, 0.4) is 0 Å². The lowest BCUT2D eigenvalue weighted by molar-refractivity contribution is 0.188. The van der Waals surface area contributed by atoms with E-state index >= 15 is 0 Å². The lowest BCUT2D eigenvalue weighted by atomic mass is 9.90. The molecule has 0 atom stereocenters. The van der Waals surface area contributed by atoms with Gasteiger partial charge in [-0.3, -0.25) is 0 Å². The quantitative estimate of drug-likeness (QED) is 0.848. The summed E-state index contributed by atoms with van der Waals surface area (Å²) in [5.41, 5.74) is 11.8. The van der Waals surface area contributed by atoms with Gasteiger partial charge in [-0.1, -0.05) is 12.1 Å². The number of carbonyl (C=O) groups excluding carboxylic acids is 1. The maximum atomic E-state index is 11.8. The molecule has 0 fully saturated rings. The van der Waals surface area contributed by atoms with Crippen molar-refractivity contribution < 1.29 is 4.79 Å². The minimum absolute atomic E-state index is 0.0226. The average molecular weight is 297 g/mol. The van der Waals surface area contributed by atoms with Crippen LogP contribution in [0.25, 0.3) is 11.1 Å². The molecule has 1 aromatic carbocycles. The lowest BCUT2D eigenvalue weighted by Crippen LogP contribution is -2.40. The summed E-state index contributed by atoms with van der Waals surface area (Å²) < 4.78 is 0. The number of hydrogen-bond donors (Lipinski definition) is 1. The number of anilines is 1. The van der Waals surface area contributed by atoms with Crippen molar-refractivity contribution in [2.75, 3.05) is 26.4 Å². The van der Waals surface area contributed by atoms with Gasteiger partial charge in [-0.05, 0) is 54.5 Å². The first-order chi connectivity index (χ1) is 10.6. The topological polar surface area (TPSA) is 49.6 Å². The van der Waals surface area contributed by atoms with Gasteiger partial charge in [0.05, 0.1) is 0 Å². The van der Waals surface area contributed by atoms with E-state index in [0.717, 1.165) is 35.2 Å². The van der Waals surface area contributed by atoms with Crippen molar-refractivity contribution in [2.24, 2.45) is 0 Å². The minimum atomic E-state index is 0.0226. The zero-order valence-electron chi connectivity index (χ0n) is 13.3. The van der Waals surface area contributed by atoms with E-state index in [1.807, 2.05) is 25.4 Å². The second kappa shape index (κ2) is 5.87. The number of allylic oxidation sites excluding steroid dienone is 2. The zero-order chi connectivity index (χ0) is 15.7. The summed E-state index contributed by atoms with van der Waals surface area (Å²) in [5, 5.41) is 0. The largest absolute Gasteiger partial charge is 0.398 e. The fraction of sp³-hybridized carbons (Fsp3) is 0.389. The lowest BCUT2D eigenvalue weighted by Gasteiger charge is -2.30. The first kappa shape index (κ1) is 14.7. The Kier molecular flexibility index (Phi) is 3.92.